The Kier molecular flexibility index (Phi) is 78.3. The summed E-state index contributed by atoms with van der Waals surface area (Å²) in [6.45, 7) is 4.81. The third-order valence-corrected chi connectivity index (χ3v) is 19.0. The molecule has 2 atom stereocenters. The monoisotopic (exact) mass is 1410 g/mol. The Bertz CT molecular complexity index is 2040. The van der Waals surface area contributed by atoms with Gasteiger partial charge >= 0.3 is 17.9 Å². The van der Waals surface area contributed by atoms with E-state index >= 15 is 0 Å². The van der Waals surface area contributed by atoms with Gasteiger partial charge in [-0.05, 0) is 103 Å². The van der Waals surface area contributed by atoms with E-state index in [2.05, 4.69) is 123 Å². The molecule has 1 N–H and O–H groups in total. The summed E-state index contributed by atoms with van der Waals surface area (Å²) in [6.07, 6.45) is 113. The predicted octanol–water partition coefficient (Wildman–Crippen LogP) is 28.0. The zero-order valence-corrected chi connectivity index (χ0v) is 67.1. The van der Waals surface area contributed by atoms with Crippen LogP contribution in [0.3, 0.4) is 0 Å². The van der Waals surface area contributed by atoms with Gasteiger partial charge in [-0.1, -0.05) is 393 Å². The van der Waals surface area contributed by atoms with Gasteiger partial charge in [0, 0.05) is 12.8 Å². The second kappa shape index (κ2) is 81.6. The van der Waals surface area contributed by atoms with E-state index in [4.69, 9.17) is 18.9 Å². The maximum Gasteiger partial charge on any atom is 0.361 e. The number of allylic oxidation sites excluding steroid dienone is 18. The maximum atomic E-state index is 13.0. The van der Waals surface area contributed by atoms with Crippen molar-refractivity contribution in [2.75, 3.05) is 47.5 Å². The zero-order chi connectivity index (χ0) is 73.2. The normalized spacial score (nSPS) is 13.2. The number of carbonyl (C=O) groups excluding carboxylic acids is 2. The SMILES string of the molecule is CC/C=C\C/C=C\C/C=C\C/C=C\C/C=C\C/C=C\C/C=C\CCCCCCCCCCCCCCCCCCCCCC(=O)OC(COC(=O)CCCCCCCCCCCCCCCCCCCCCCCCC/C=C\C/C=C\CCCCCCC)COC(OCC[N+](C)(C)C)C(=O)O. The number of hydrogen-bond donors (Lipinski definition) is 1. The van der Waals surface area contributed by atoms with E-state index in [1.807, 2.05) is 21.1 Å². The molecule has 0 aliphatic heterocycles. The third kappa shape index (κ3) is 83.1. The van der Waals surface area contributed by atoms with Crippen LogP contribution >= 0.6 is 0 Å². The summed E-state index contributed by atoms with van der Waals surface area (Å²) in [4.78, 5) is 37.8. The summed E-state index contributed by atoms with van der Waals surface area (Å²) in [5.74, 6) is -1.98. The van der Waals surface area contributed by atoms with Gasteiger partial charge in [0.05, 0.1) is 34.4 Å². The van der Waals surface area contributed by atoms with Gasteiger partial charge < -0.3 is 28.5 Å². The van der Waals surface area contributed by atoms with Crippen LogP contribution in [0.15, 0.2) is 109 Å². The van der Waals surface area contributed by atoms with Crippen LogP contribution in [0.5, 0.6) is 0 Å². The molecular formula is C92H164NO8+. The molecule has 9 nitrogen and oxygen atoms in total. The second-order valence-electron chi connectivity index (χ2n) is 30.1. The van der Waals surface area contributed by atoms with Crippen molar-refractivity contribution in [3.63, 3.8) is 0 Å². The minimum atomic E-state index is -1.51. The fourth-order valence-electron chi connectivity index (χ4n) is 12.5. The van der Waals surface area contributed by atoms with E-state index in [-0.39, 0.29) is 38.2 Å². The highest BCUT2D eigenvalue weighted by molar-refractivity contribution is 5.71. The number of carboxylic acids is 1. The number of hydrogen-bond acceptors (Lipinski definition) is 7. The number of unbranched alkanes of at least 4 members (excludes halogenated alkanes) is 47. The maximum absolute atomic E-state index is 13.0. The molecule has 2 unspecified atom stereocenters. The molecule has 101 heavy (non-hydrogen) atoms. The van der Waals surface area contributed by atoms with Crippen LogP contribution in [-0.4, -0.2) is 87.4 Å². The largest absolute Gasteiger partial charge is 0.477 e. The Morgan fingerprint density at radius 2 is 0.564 bits per heavy atom. The van der Waals surface area contributed by atoms with Gasteiger partial charge in [0.1, 0.15) is 13.2 Å². The molecule has 0 radical (unpaired) electrons. The van der Waals surface area contributed by atoms with Gasteiger partial charge in [-0.15, -0.1) is 0 Å². The topological polar surface area (TPSA) is 108 Å². The molecule has 9 heteroatoms. The van der Waals surface area contributed by atoms with Crippen molar-refractivity contribution in [1.82, 2.24) is 0 Å². The zero-order valence-electron chi connectivity index (χ0n) is 67.1. The molecule has 0 bridgehead atoms. The van der Waals surface area contributed by atoms with Crippen molar-refractivity contribution in [3.05, 3.63) is 109 Å². The highest BCUT2D eigenvalue weighted by atomic mass is 16.7. The lowest BCUT2D eigenvalue weighted by atomic mass is 10.0. The molecule has 0 aliphatic rings. The van der Waals surface area contributed by atoms with Crippen LogP contribution in [0.2, 0.25) is 0 Å². The van der Waals surface area contributed by atoms with Gasteiger partial charge in [0.15, 0.2) is 6.10 Å². The minimum Gasteiger partial charge on any atom is -0.477 e. The lowest BCUT2D eigenvalue weighted by Crippen LogP contribution is -2.40. The van der Waals surface area contributed by atoms with E-state index in [1.54, 1.807) is 0 Å². The van der Waals surface area contributed by atoms with Crippen LogP contribution in [0.25, 0.3) is 0 Å². The predicted molar refractivity (Wildman–Crippen MR) is 438 cm³/mol. The van der Waals surface area contributed by atoms with Gasteiger partial charge in [0.25, 0.3) is 6.29 Å². The summed E-state index contributed by atoms with van der Waals surface area (Å²) in [7, 11) is 6.00. The van der Waals surface area contributed by atoms with Crippen molar-refractivity contribution >= 4 is 17.9 Å². The van der Waals surface area contributed by atoms with E-state index in [9.17, 15) is 19.5 Å². The summed E-state index contributed by atoms with van der Waals surface area (Å²) in [6, 6.07) is 0. The van der Waals surface area contributed by atoms with E-state index < -0.39 is 18.4 Å². The molecule has 0 heterocycles. The first-order valence-electron chi connectivity index (χ1n) is 43.1. The highest BCUT2D eigenvalue weighted by Crippen LogP contribution is 2.20. The number of quaternary nitrogens is 1. The van der Waals surface area contributed by atoms with Crippen LogP contribution in [-0.2, 0) is 33.3 Å². The first kappa shape index (κ1) is 97.0. The Morgan fingerprint density at radius 1 is 0.307 bits per heavy atom. The van der Waals surface area contributed by atoms with Gasteiger partial charge in [-0.3, -0.25) is 9.59 Å². The van der Waals surface area contributed by atoms with Gasteiger partial charge in [-0.25, -0.2) is 4.79 Å². The summed E-state index contributed by atoms with van der Waals surface area (Å²) >= 11 is 0. The van der Waals surface area contributed by atoms with Crippen molar-refractivity contribution in [1.29, 1.82) is 0 Å². The van der Waals surface area contributed by atoms with Crippen LogP contribution in [0, 0.1) is 0 Å². The summed E-state index contributed by atoms with van der Waals surface area (Å²) < 4.78 is 23.1. The van der Waals surface area contributed by atoms with Crippen LogP contribution in [0.1, 0.15) is 399 Å². The molecule has 0 saturated heterocycles. The number of aliphatic carboxylic acids is 1. The Morgan fingerprint density at radius 3 is 0.842 bits per heavy atom. The Labute approximate surface area is 625 Å². The number of esters is 2. The first-order chi connectivity index (χ1) is 49.6. The molecule has 0 amide bonds. The van der Waals surface area contributed by atoms with Crippen molar-refractivity contribution in [3.8, 4) is 0 Å². The lowest BCUT2D eigenvalue weighted by Gasteiger charge is -2.25. The van der Waals surface area contributed by atoms with Crippen molar-refractivity contribution < 1.29 is 42.9 Å². The first-order valence-corrected chi connectivity index (χ1v) is 43.1. The van der Waals surface area contributed by atoms with Crippen LogP contribution < -0.4 is 0 Å². The number of nitrogens with zero attached hydrogens (tertiary/aromatic N) is 1. The number of carboxylic acid groups (broad SMARTS) is 1. The molecule has 0 spiro atoms. The standard InChI is InChI=1S/C92H163NO8/c1-6-8-10-12-14-16-18-20-22-24-26-28-30-32-34-36-38-40-42-43-44-45-46-47-49-51-53-55-57-59-61-63-65-67-69-71-73-75-77-79-81-83-90(95)101-88(87-100-92(91(96)97)98-85-84-93(3,4)5)86-99-89(94)82-80-78-76-74-72-70-68-66-64-62-60-58-56-54-52-50-48-41-39-37-35-33-31-29-27-25-23-21-19-17-15-13-11-9-7-2/h8,10,14,16,19-22,25-28,32,34,38,40,43-44,88,92H,6-7,9,11-13,15,17-18,23-24,29-31,33,35-37,39,41-42,45-87H2,1-5H3/p+1/b10-8-,16-14-,21-19-,22-20-,27-25-,28-26-,34-32-,40-38-,44-43-. The highest BCUT2D eigenvalue weighted by Gasteiger charge is 2.25. The quantitative estimate of drug-likeness (QED) is 0.0211. The third-order valence-electron chi connectivity index (χ3n) is 19.0. The number of ether oxygens (including phenoxy) is 4. The molecule has 0 aliphatic carbocycles. The summed E-state index contributed by atoms with van der Waals surface area (Å²) in [5.41, 5.74) is 0. The average molecular weight is 1410 g/mol. The molecular weight excluding hydrogens is 1250 g/mol. The van der Waals surface area contributed by atoms with Gasteiger partial charge in [0.2, 0.25) is 0 Å². The fourth-order valence-corrected chi connectivity index (χ4v) is 12.5. The molecule has 0 aromatic heterocycles. The number of carbonyl (C=O) groups is 3. The molecule has 0 saturated carbocycles. The Hall–Kier alpha value is -4.05. The van der Waals surface area contributed by atoms with E-state index in [1.165, 1.54) is 283 Å². The number of rotatable bonds is 80. The molecule has 0 rings (SSSR count). The lowest BCUT2D eigenvalue weighted by molar-refractivity contribution is -0.870. The average Bonchev–Trinajstić information content (AvgIpc) is 1.21. The molecule has 0 fully saturated rings. The second-order valence-corrected chi connectivity index (χ2v) is 30.1. The molecule has 584 valence electrons. The smallest absolute Gasteiger partial charge is 0.361 e. The van der Waals surface area contributed by atoms with E-state index in [0.29, 0.717) is 17.4 Å². The summed E-state index contributed by atoms with van der Waals surface area (Å²) in [5, 5.41) is 9.79. The van der Waals surface area contributed by atoms with Crippen LogP contribution in [0.4, 0.5) is 0 Å². The van der Waals surface area contributed by atoms with Gasteiger partial charge in [-0.2, -0.15) is 0 Å². The fraction of sp³-hybridized carbons (Fsp3) is 0.772. The van der Waals surface area contributed by atoms with Crippen molar-refractivity contribution in [2.45, 2.75) is 411 Å². The van der Waals surface area contributed by atoms with E-state index in [0.717, 1.165) is 89.9 Å². The molecule has 0 aromatic rings. The minimum absolute atomic E-state index is 0.180. The van der Waals surface area contributed by atoms with Crippen molar-refractivity contribution in [2.24, 2.45) is 0 Å². The number of likely N-dealkylation sites (N-methyl/N-ethyl adjacent to an activating group) is 1. The Balaban J connectivity index is 3.96. The molecule has 0 aromatic carbocycles.